The first-order valence-electron chi connectivity index (χ1n) is 5.25. The number of halogens is 4. The quantitative estimate of drug-likeness (QED) is 0.836. The minimum absolute atomic E-state index is 0.0320. The van der Waals surface area contributed by atoms with Crippen molar-refractivity contribution in [2.24, 2.45) is 0 Å². The molecule has 0 saturated carbocycles. The van der Waals surface area contributed by atoms with Gasteiger partial charge in [0.05, 0.1) is 12.3 Å². The molecule has 0 aromatic heterocycles. The molecule has 0 fully saturated rings. The van der Waals surface area contributed by atoms with Crippen LogP contribution in [0, 0.1) is 5.82 Å². The molecule has 1 amide bonds. The largest absolute Gasteiger partial charge is 0.491 e. The minimum Gasteiger partial charge on any atom is -0.491 e. The van der Waals surface area contributed by atoms with Crippen LogP contribution < -0.4 is 10.1 Å². The number of carbonyl (C=O) groups excluding carboxylic acids is 1. The summed E-state index contributed by atoms with van der Waals surface area (Å²) in [4.78, 5) is 21.7. The third kappa shape index (κ3) is 3.37. The molecule has 0 atom stereocenters. The van der Waals surface area contributed by atoms with Gasteiger partial charge in [-0.25, -0.2) is 9.18 Å². The summed E-state index contributed by atoms with van der Waals surface area (Å²) in [6.07, 6.45) is -5.22. The Labute approximate surface area is 110 Å². The van der Waals surface area contributed by atoms with Crippen LogP contribution in [0.15, 0.2) is 12.1 Å². The van der Waals surface area contributed by atoms with Crippen LogP contribution in [0.1, 0.15) is 17.3 Å². The monoisotopic (exact) mass is 295 g/mol. The van der Waals surface area contributed by atoms with Gasteiger partial charge in [-0.15, -0.1) is 0 Å². The molecule has 0 aliphatic heterocycles. The van der Waals surface area contributed by atoms with E-state index in [9.17, 15) is 27.2 Å². The van der Waals surface area contributed by atoms with Crippen LogP contribution in [-0.2, 0) is 4.79 Å². The number of carboxylic acid groups (broad SMARTS) is 1. The van der Waals surface area contributed by atoms with E-state index in [1.54, 1.807) is 0 Å². The summed E-state index contributed by atoms with van der Waals surface area (Å²) in [5, 5.41) is 10.1. The van der Waals surface area contributed by atoms with E-state index in [0.29, 0.717) is 0 Å². The molecule has 0 spiro atoms. The van der Waals surface area contributed by atoms with Crippen molar-refractivity contribution in [1.82, 2.24) is 0 Å². The Hall–Kier alpha value is -2.32. The smallest absolute Gasteiger partial charge is 0.471 e. The van der Waals surface area contributed by atoms with Gasteiger partial charge in [0.1, 0.15) is 5.56 Å². The maximum Gasteiger partial charge on any atom is 0.471 e. The van der Waals surface area contributed by atoms with Crippen molar-refractivity contribution in [3.05, 3.63) is 23.5 Å². The number of hydrogen-bond acceptors (Lipinski definition) is 3. The van der Waals surface area contributed by atoms with E-state index in [1.807, 2.05) is 0 Å². The van der Waals surface area contributed by atoms with Gasteiger partial charge in [-0.2, -0.15) is 13.2 Å². The Balaban J connectivity index is 3.24. The number of rotatable bonds is 4. The van der Waals surface area contributed by atoms with Crippen molar-refractivity contribution in [1.29, 1.82) is 0 Å². The lowest BCUT2D eigenvalue weighted by atomic mass is 10.1. The van der Waals surface area contributed by atoms with E-state index >= 15 is 0 Å². The number of carbonyl (C=O) groups is 2. The molecule has 0 saturated heterocycles. The van der Waals surface area contributed by atoms with Gasteiger partial charge < -0.3 is 15.2 Å². The lowest BCUT2D eigenvalue weighted by Gasteiger charge is -2.13. The molecule has 0 radical (unpaired) electrons. The van der Waals surface area contributed by atoms with Crippen LogP contribution in [0.25, 0.3) is 0 Å². The lowest BCUT2D eigenvalue weighted by Crippen LogP contribution is -2.30. The first kappa shape index (κ1) is 15.7. The standard InChI is InChI=1S/C11H9F4NO4/c1-2-20-6-4-3-5(7(8(6)12)9(17)18)16-10(19)11(13,14)15/h3-4H,2H2,1H3,(H,16,19)(H,17,18). The molecule has 2 N–H and O–H groups in total. The Bertz CT molecular complexity index is 542. The van der Waals surface area contributed by atoms with Gasteiger partial charge in [0.15, 0.2) is 11.6 Å². The van der Waals surface area contributed by atoms with Gasteiger partial charge in [0, 0.05) is 0 Å². The molecule has 0 heterocycles. The van der Waals surface area contributed by atoms with Crippen LogP contribution in [0.2, 0.25) is 0 Å². The molecule has 0 aliphatic carbocycles. The average Bonchev–Trinajstić information content (AvgIpc) is 2.31. The highest BCUT2D eigenvalue weighted by atomic mass is 19.4. The summed E-state index contributed by atoms with van der Waals surface area (Å²) >= 11 is 0. The molecule has 20 heavy (non-hydrogen) atoms. The van der Waals surface area contributed by atoms with Crippen molar-refractivity contribution < 1.29 is 37.0 Å². The fraction of sp³-hybridized carbons (Fsp3) is 0.273. The summed E-state index contributed by atoms with van der Waals surface area (Å²) in [7, 11) is 0. The fourth-order valence-corrected chi connectivity index (χ4v) is 1.33. The van der Waals surface area contributed by atoms with E-state index in [0.717, 1.165) is 12.1 Å². The molecule has 110 valence electrons. The van der Waals surface area contributed by atoms with E-state index in [4.69, 9.17) is 9.84 Å². The van der Waals surface area contributed by atoms with E-state index in [2.05, 4.69) is 0 Å². The Kier molecular flexibility index (Phi) is 4.53. The second-order valence-corrected chi connectivity index (χ2v) is 3.49. The van der Waals surface area contributed by atoms with Gasteiger partial charge >= 0.3 is 18.1 Å². The maximum absolute atomic E-state index is 13.8. The number of anilines is 1. The Morgan fingerprint density at radius 3 is 2.40 bits per heavy atom. The molecule has 1 aromatic carbocycles. The molecular weight excluding hydrogens is 286 g/mol. The maximum atomic E-state index is 13.8. The van der Waals surface area contributed by atoms with Crippen molar-refractivity contribution in [2.75, 3.05) is 11.9 Å². The van der Waals surface area contributed by atoms with Crippen LogP contribution in [0.4, 0.5) is 23.2 Å². The predicted octanol–water partition coefficient (Wildman–Crippen LogP) is 2.42. The van der Waals surface area contributed by atoms with E-state index in [-0.39, 0.29) is 6.61 Å². The summed E-state index contributed by atoms with van der Waals surface area (Å²) in [6.45, 7) is 1.55. The zero-order valence-corrected chi connectivity index (χ0v) is 10.0. The molecular formula is C11H9F4NO4. The zero-order chi connectivity index (χ0) is 15.5. The third-order valence-electron chi connectivity index (χ3n) is 2.13. The van der Waals surface area contributed by atoms with Crippen LogP contribution in [0.5, 0.6) is 5.75 Å². The first-order valence-corrected chi connectivity index (χ1v) is 5.25. The number of ether oxygens (including phenoxy) is 1. The highest BCUT2D eigenvalue weighted by Crippen LogP contribution is 2.29. The number of aromatic carboxylic acids is 1. The second-order valence-electron chi connectivity index (χ2n) is 3.49. The van der Waals surface area contributed by atoms with Crippen LogP contribution in [-0.4, -0.2) is 29.8 Å². The molecule has 0 unspecified atom stereocenters. The molecule has 0 bridgehead atoms. The van der Waals surface area contributed by atoms with Crippen molar-refractivity contribution in [3.63, 3.8) is 0 Å². The van der Waals surface area contributed by atoms with Crippen LogP contribution >= 0.6 is 0 Å². The average molecular weight is 295 g/mol. The second kappa shape index (κ2) is 5.76. The Morgan fingerprint density at radius 1 is 1.35 bits per heavy atom. The summed E-state index contributed by atoms with van der Waals surface area (Å²) in [6, 6.07) is 1.75. The molecule has 1 rings (SSSR count). The normalized spacial score (nSPS) is 11.1. The Morgan fingerprint density at radius 2 is 1.95 bits per heavy atom. The number of nitrogens with one attached hydrogen (secondary N) is 1. The highest BCUT2D eigenvalue weighted by Gasteiger charge is 2.39. The van der Waals surface area contributed by atoms with Gasteiger partial charge in [0.25, 0.3) is 0 Å². The van der Waals surface area contributed by atoms with E-state index < -0.39 is 40.9 Å². The van der Waals surface area contributed by atoms with Gasteiger partial charge in [-0.3, -0.25) is 4.79 Å². The third-order valence-corrected chi connectivity index (χ3v) is 2.13. The molecule has 1 aromatic rings. The van der Waals surface area contributed by atoms with Crippen LogP contribution in [0.3, 0.4) is 0 Å². The minimum atomic E-state index is -5.22. The van der Waals surface area contributed by atoms with Crippen molar-refractivity contribution in [2.45, 2.75) is 13.1 Å². The van der Waals surface area contributed by atoms with E-state index in [1.165, 1.54) is 12.2 Å². The topological polar surface area (TPSA) is 75.6 Å². The number of hydrogen-bond donors (Lipinski definition) is 2. The molecule has 0 aliphatic rings. The van der Waals surface area contributed by atoms with Crippen molar-refractivity contribution >= 4 is 17.6 Å². The fourth-order valence-electron chi connectivity index (χ4n) is 1.33. The predicted molar refractivity (Wildman–Crippen MR) is 59.2 cm³/mol. The first-order chi connectivity index (χ1) is 9.18. The SMILES string of the molecule is CCOc1ccc(NC(=O)C(F)(F)F)c(C(=O)O)c1F. The lowest BCUT2D eigenvalue weighted by molar-refractivity contribution is -0.167. The molecule has 5 nitrogen and oxygen atoms in total. The summed E-state index contributed by atoms with van der Waals surface area (Å²) in [5.74, 6) is -6.03. The number of benzene rings is 1. The zero-order valence-electron chi connectivity index (χ0n) is 10.0. The number of carboxylic acids is 1. The van der Waals surface area contributed by atoms with Gasteiger partial charge in [-0.1, -0.05) is 0 Å². The number of amides is 1. The summed E-state index contributed by atoms with van der Waals surface area (Å²) < 4.78 is 54.8. The van der Waals surface area contributed by atoms with Gasteiger partial charge in [0.2, 0.25) is 0 Å². The molecule has 9 heteroatoms. The van der Waals surface area contributed by atoms with Gasteiger partial charge in [-0.05, 0) is 19.1 Å². The number of alkyl halides is 3. The van der Waals surface area contributed by atoms with Crippen molar-refractivity contribution in [3.8, 4) is 5.75 Å². The highest BCUT2D eigenvalue weighted by molar-refractivity contribution is 6.02. The summed E-state index contributed by atoms with van der Waals surface area (Å²) in [5.41, 5.74) is -1.91.